The Hall–Kier alpha value is -2.57. The largest absolute Gasteiger partial charge is 0.442 e. The molecule has 2 aromatic carbocycles. The third-order valence-corrected chi connectivity index (χ3v) is 6.93. The van der Waals surface area contributed by atoms with Gasteiger partial charge in [0.05, 0.1) is 0 Å². The first-order chi connectivity index (χ1) is 12.2. The fourth-order valence-corrected chi connectivity index (χ4v) is 5.55. The first-order valence-electron chi connectivity index (χ1n) is 8.53. The molecule has 25 heavy (non-hydrogen) atoms. The summed E-state index contributed by atoms with van der Waals surface area (Å²) in [5, 5.41) is 3.38. The highest BCUT2D eigenvalue weighted by Crippen LogP contribution is 2.42. The van der Waals surface area contributed by atoms with Gasteiger partial charge in [-0.05, 0) is 49.9 Å². The number of benzene rings is 2. The Morgan fingerprint density at radius 1 is 1.04 bits per heavy atom. The number of fused-ring (bicyclic) bond motifs is 1. The molecule has 1 atom stereocenters. The molecule has 0 saturated heterocycles. The lowest BCUT2D eigenvalue weighted by atomic mass is 10.0. The zero-order valence-electron chi connectivity index (χ0n) is 13.9. The lowest BCUT2D eigenvalue weighted by molar-refractivity contribution is 0.0105. The minimum absolute atomic E-state index is 0.249. The topological polar surface area (TPSA) is 26.3 Å². The van der Waals surface area contributed by atoms with Crippen LogP contribution in [0.25, 0.3) is 15.0 Å². The minimum Gasteiger partial charge on any atom is -0.442 e. The normalized spacial score (nSPS) is 16.5. The number of thiophene rings is 1. The van der Waals surface area contributed by atoms with Crippen LogP contribution in [0.3, 0.4) is 0 Å². The predicted octanol–water partition coefficient (Wildman–Crippen LogP) is 5.68. The Balaban J connectivity index is 1.75. The molecule has 0 bridgehead atoms. The van der Waals surface area contributed by atoms with Crippen molar-refractivity contribution in [3.8, 4) is 17.2 Å². The van der Waals surface area contributed by atoms with Gasteiger partial charge in [0.1, 0.15) is 10.9 Å². The van der Waals surface area contributed by atoms with E-state index in [0.717, 1.165) is 30.6 Å². The number of esters is 1. The molecule has 4 rings (SSSR count). The molecule has 3 heteroatoms. The maximum atomic E-state index is 12.9. The molecule has 1 aliphatic carbocycles. The second kappa shape index (κ2) is 6.38. The van der Waals surface area contributed by atoms with Gasteiger partial charge in [0.15, 0.2) is 15.2 Å². The van der Waals surface area contributed by atoms with E-state index in [4.69, 9.17) is 11.2 Å². The number of carbonyl (C=O) groups excluding carboxylic acids is 1. The van der Waals surface area contributed by atoms with Gasteiger partial charge in [-0.25, -0.2) is 4.79 Å². The molecule has 1 aromatic heterocycles. The van der Waals surface area contributed by atoms with E-state index >= 15 is 0 Å². The Bertz CT molecular complexity index is 971. The van der Waals surface area contributed by atoms with Crippen molar-refractivity contribution >= 4 is 26.5 Å². The van der Waals surface area contributed by atoms with E-state index in [1.807, 2.05) is 36.4 Å². The van der Waals surface area contributed by atoms with Gasteiger partial charge >= 0.3 is 5.97 Å². The van der Waals surface area contributed by atoms with Crippen LogP contribution in [0.15, 0.2) is 60.0 Å². The first kappa shape index (κ1) is 15.9. The Kier molecular flexibility index (Phi) is 4.07. The van der Waals surface area contributed by atoms with Crippen LogP contribution in [0.5, 0.6) is 0 Å². The van der Waals surface area contributed by atoms with Gasteiger partial charge < -0.3 is 4.74 Å². The molecule has 1 unspecified atom stereocenters. The summed E-state index contributed by atoms with van der Waals surface area (Å²) in [4.78, 5) is 13.9. The molecule has 0 N–H and O–H groups in total. The highest BCUT2D eigenvalue weighted by molar-refractivity contribution is 7.44. The van der Waals surface area contributed by atoms with Crippen molar-refractivity contribution < 1.29 is 9.53 Å². The van der Waals surface area contributed by atoms with Crippen LogP contribution in [0.1, 0.15) is 36.0 Å². The average molecular weight is 347 g/mol. The first-order valence-corrected chi connectivity index (χ1v) is 9.82. The number of ether oxygens (including phenoxy) is 1. The van der Waals surface area contributed by atoms with E-state index in [1.54, 1.807) is 0 Å². The van der Waals surface area contributed by atoms with Crippen LogP contribution in [0.4, 0.5) is 0 Å². The Morgan fingerprint density at radius 2 is 1.76 bits per heavy atom. The quantitative estimate of drug-likeness (QED) is 0.346. The van der Waals surface area contributed by atoms with Crippen LogP contribution < -0.4 is 0 Å². The molecule has 0 spiro atoms. The highest BCUT2D eigenvalue weighted by Gasteiger charge is 2.37. The molecular formula is C22H19O2S+. The van der Waals surface area contributed by atoms with Crippen molar-refractivity contribution in [2.45, 2.75) is 31.3 Å². The number of carbonyl (C=O) groups is 1. The van der Waals surface area contributed by atoms with Crippen LogP contribution in [0, 0.1) is 12.3 Å². The SMILES string of the molecule is C#CC1(OC(=O)c2ccccc2-[s+]2ccc3ccccc32)CCCC1. The molecule has 3 aromatic rings. The molecule has 0 aliphatic heterocycles. The van der Waals surface area contributed by atoms with Gasteiger partial charge in [-0.2, -0.15) is 0 Å². The second-order valence-corrected chi connectivity index (χ2v) is 8.24. The molecule has 2 nitrogen and oxygen atoms in total. The zero-order valence-corrected chi connectivity index (χ0v) is 14.7. The van der Waals surface area contributed by atoms with Crippen molar-refractivity contribution in [3.63, 3.8) is 0 Å². The molecule has 1 aliphatic rings. The summed E-state index contributed by atoms with van der Waals surface area (Å²) in [6.45, 7) is 0. The maximum Gasteiger partial charge on any atom is 0.345 e. The van der Waals surface area contributed by atoms with Crippen molar-refractivity contribution in [2.75, 3.05) is 0 Å². The third-order valence-electron chi connectivity index (χ3n) is 4.85. The predicted molar refractivity (Wildman–Crippen MR) is 103 cm³/mol. The summed E-state index contributed by atoms with van der Waals surface area (Å²) in [6.07, 6.45) is 9.22. The summed E-state index contributed by atoms with van der Waals surface area (Å²) >= 11 is 0. The summed E-state index contributed by atoms with van der Waals surface area (Å²) in [5.74, 6) is 2.42. The zero-order chi connectivity index (χ0) is 17.3. The van der Waals surface area contributed by atoms with Gasteiger partial charge in [0.2, 0.25) is 0 Å². The summed E-state index contributed by atoms with van der Waals surface area (Å²) in [5.41, 5.74) is -0.106. The van der Waals surface area contributed by atoms with Crippen LogP contribution in [-0.4, -0.2) is 11.6 Å². The fraction of sp³-hybridized carbons (Fsp3) is 0.227. The summed E-state index contributed by atoms with van der Waals surface area (Å²) in [6, 6.07) is 18.1. The van der Waals surface area contributed by atoms with E-state index in [-0.39, 0.29) is 16.4 Å². The van der Waals surface area contributed by atoms with Gasteiger partial charge in [0, 0.05) is 21.9 Å². The second-order valence-electron chi connectivity index (χ2n) is 6.41. The van der Waals surface area contributed by atoms with Gasteiger partial charge in [-0.15, -0.1) is 6.42 Å². The van der Waals surface area contributed by atoms with E-state index in [2.05, 4.69) is 29.5 Å². The standard InChI is InChI=1S/C22H19O2S/c1-2-22(14-7-8-15-22)24-21(23)18-10-4-6-12-20(18)25-16-13-17-9-3-5-11-19(17)25/h1,3-6,9-13,16H,7-8,14-15H2/q+1. The fourth-order valence-electron chi connectivity index (χ4n) is 3.51. The summed E-state index contributed by atoms with van der Waals surface area (Å²) in [7, 11) is -0.249. The highest BCUT2D eigenvalue weighted by atomic mass is 32.2. The van der Waals surface area contributed by atoms with Crippen molar-refractivity contribution in [1.29, 1.82) is 0 Å². The van der Waals surface area contributed by atoms with E-state index in [9.17, 15) is 4.79 Å². The maximum absolute atomic E-state index is 12.9. The van der Waals surface area contributed by atoms with Gasteiger partial charge in [-0.3, -0.25) is 0 Å². The molecule has 1 saturated carbocycles. The minimum atomic E-state index is -0.725. The number of rotatable bonds is 3. The third kappa shape index (κ3) is 2.83. The molecule has 1 fully saturated rings. The van der Waals surface area contributed by atoms with Crippen LogP contribution >= 0.6 is 10.5 Å². The average Bonchev–Trinajstić information content (AvgIpc) is 3.29. The monoisotopic (exact) mass is 347 g/mol. The van der Waals surface area contributed by atoms with Crippen molar-refractivity contribution in [2.24, 2.45) is 0 Å². The van der Waals surface area contributed by atoms with Crippen molar-refractivity contribution in [3.05, 3.63) is 65.5 Å². The van der Waals surface area contributed by atoms with Crippen LogP contribution in [-0.2, 0) is 4.74 Å². The van der Waals surface area contributed by atoms with E-state index in [1.165, 1.54) is 10.1 Å². The Labute approximate surface area is 150 Å². The molecule has 1 heterocycles. The molecule has 0 amide bonds. The summed E-state index contributed by atoms with van der Waals surface area (Å²) < 4.78 is 7.07. The number of hydrogen-bond donors (Lipinski definition) is 0. The number of hydrogen-bond acceptors (Lipinski definition) is 2. The lowest BCUT2D eigenvalue weighted by Gasteiger charge is -2.22. The van der Waals surface area contributed by atoms with Gasteiger partial charge in [-0.1, -0.05) is 30.2 Å². The lowest BCUT2D eigenvalue weighted by Crippen LogP contribution is -2.30. The smallest absolute Gasteiger partial charge is 0.345 e. The molecule has 0 radical (unpaired) electrons. The van der Waals surface area contributed by atoms with E-state index in [0.29, 0.717) is 5.56 Å². The van der Waals surface area contributed by atoms with Gasteiger partial charge in [0.25, 0.3) is 0 Å². The molecular weight excluding hydrogens is 328 g/mol. The van der Waals surface area contributed by atoms with E-state index < -0.39 is 5.60 Å². The Morgan fingerprint density at radius 3 is 2.56 bits per heavy atom. The molecule has 124 valence electrons. The number of terminal acetylenes is 1. The van der Waals surface area contributed by atoms with Crippen LogP contribution in [0.2, 0.25) is 0 Å². The van der Waals surface area contributed by atoms with Crippen molar-refractivity contribution in [1.82, 2.24) is 0 Å².